The lowest BCUT2D eigenvalue weighted by atomic mass is 10.2. The molecule has 0 saturated heterocycles. The number of aryl methyl sites for hydroxylation is 1. The van der Waals surface area contributed by atoms with Crippen LogP contribution in [0.15, 0.2) is 41.0 Å². The largest absolute Gasteiger partial charge is 0.497 e. The third kappa shape index (κ3) is 3.95. The molecule has 2 rings (SSSR count). The lowest BCUT2D eigenvalue weighted by molar-refractivity contribution is 0.415. The first-order valence-electron chi connectivity index (χ1n) is 6.89. The summed E-state index contributed by atoms with van der Waals surface area (Å²) in [6.07, 6.45) is 2.71. The molecule has 2 aromatic rings. The van der Waals surface area contributed by atoms with E-state index in [-0.39, 0.29) is 0 Å². The van der Waals surface area contributed by atoms with Crippen molar-refractivity contribution in [2.75, 3.05) is 25.1 Å². The second-order valence-corrected chi connectivity index (χ2v) is 5.71. The van der Waals surface area contributed by atoms with Crippen LogP contribution >= 0.6 is 15.9 Å². The summed E-state index contributed by atoms with van der Waals surface area (Å²) >= 11 is 3.46. The Bertz CT molecular complexity index is 604. The summed E-state index contributed by atoms with van der Waals surface area (Å²) < 4.78 is 6.30. The SMILES string of the molecule is COc1cccc(N(CCCN)c2ncc(Br)cc2C)c1. The van der Waals surface area contributed by atoms with Crippen LogP contribution in [0.25, 0.3) is 0 Å². The highest BCUT2D eigenvalue weighted by molar-refractivity contribution is 9.10. The van der Waals surface area contributed by atoms with Crippen molar-refractivity contribution < 1.29 is 4.74 Å². The third-order valence-corrected chi connectivity index (χ3v) is 3.66. The molecule has 0 aliphatic carbocycles. The van der Waals surface area contributed by atoms with E-state index in [1.54, 1.807) is 7.11 Å². The highest BCUT2D eigenvalue weighted by atomic mass is 79.9. The van der Waals surface area contributed by atoms with E-state index >= 15 is 0 Å². The zero-order valence-corrected chi connectivity index (χ0v) is 13.9. The van der Waals surface area contributed by atoms with Crippen LogP contribution in [0.2, 0.25) is 0 Å². The molecule has 0 fully saturated rings. The van der Waals surface area contributed by atoms with Gasteiger partial charge in [-0.15, -0.1) is 0 Å². The van der Waals surface area contributed by atoms with Crippen LogP contribution < -0.4 is 15.4 Å². The molecule has 1 aromatic carbocycles. The topological polar surface area (TPSA) is 51.4 Å². The first-order valence-corrected chi connectivity index (χ1v) is 7.69. The Morgan fingerprint density at radius 2 is 2.14 bits per heavy atom. The van der Waals surface area contributed by atoms with Crippen molar-refractivity contribution in [1.29, 1.82) is 0 Å². The Balaban J connectivity index is 2.41. The van der Waals surface area contributed by atoms with Crippen LogP contribution in [0.1, 0.15) is 12.0 Å². The average Bonchev–Trinajstić information content (AvgIpc) is 2.49. The van der Waals surface area contributed by atoms with E-state index < -0.39 is 0 Å². The van der Waals surface area contributed by atoms with Crippen molar-refractivity contribution in [1.82, 2.24) is 4.98 Å². The van der Waals surface area contributed by atoms with E-state index in [9.17, 15) is 0 Å². The first kappa shape index (κ1) is 15.8. The average molecular weight is 350 g/mol. The van der Waals surface area contributed by atoms with Crippen LogP contribution in [-0.4, -0.2) is 25.2 Å². The van der Waals surface area contributed by atoms with Gasteiger partial charge in [0.15, 0.2) is 0 Å². The number of pyridine rings is 1. The van der Waals surface area contributed by atoms with Crippen molar-refractivity contribution in [3.05, 3.63) is 46.6 Å². The summed E-state index contributed by atoms with van der Waals surface area (Å²) in [6, 6.07) is 10.1. The molecule has 0 spiro atoms. The van der Waals surface area contributed by atoms with E-state index in [0.717, 1.165) is 40.3 Å². The van der Waals surface area contributed by atoms with E-state index in [1.165, 1.54) is 0 Å². The van der Waals surface area contributed by atoms with Gasteiger partial charge in [0, 0.05) is 29.0 Å². The van der Waals surface area contributed by atoms with E-state index in [0.29, 0.717) is 6.54 Å². The number of methoxy groups -OCH3 is 1. The van der Waals surface area contributed by atoms with Gasteiger partial charge in [-0.1, -0.05) is 6.07 Å². The molecule has 0 radical (unpaired) electrons. The number of benzene rings is 1. The zero-order chi connectivity index (χ0) is 15.2. The normalized spacial score (nSPS) is 10.5. The zero-order valence-electron chi connectivity index (χ0n) is 12.3. The van der Waals surface area contributed by atoms with Gasteiger partial charge in [0.05, 0.1) is 7.11 Å². The molecule has 0 bridgehead atoms. The molecule has 1 heterocycles. The van der Waals surface area contributed by atoms with Gasteiger partial charge >= 0.3 is 0 Å². The molecule has 21 heavy (non-hydrogen) atoms. The number of hydrogen-bond donors (Lipinski definition) is 1. The summed E-state index contributed by atoms with van der Waals surface area (Å²) in [5.74, 6) is 1.78. The maximum Gasteiger partial charge on any atom is 0.135 e. The van der Waals surface area contributed by atoms with Gasteiger partial charge in [-0.25, -0.2) is 4.98 Å². The summed E-state index contributed by atoms with van der Waals surface area (Å²) in [5, 5.41) is 0. The fourth-order valence-corrected chi connectivity index (χ4v) is 2.65. The van der Waals surface area contributed by atoms with E-state index in [1.807, 2.05) is 24.4 Å². The fourth-order valence-electron chi connectivity index (χ4n) is 2.20. The summed E-state index contributed by atoms with van der Waals surface area (Å²) in [5.41, 5.74) is 7.84. The molecule has 112 valence electrons. The summed E-state index contributed by atoms with van der Waals surface area (Å²) in [4.78, 5) is 6.74. The monoisotopic (exact) mass is 349 g/mol. The lowest BCUT2D eigenvalue weighted by Gasteiger charge is -2.25. The highest BCUT2D eigenvalue weighted by Crippen LogP contribution is 2.30. The molecule has 0 amide bonds. The molecular formula is C16H20BrN3O. The minimum Gasteiger partial charge on any atom is -0.497 e. The summed E-state index contributed by atoms with van der Waals surface area (Å²) in [6.45, 7) is 3.53. The molecule has 0 aliphatic heterocycles. The number of halogens is 1. The summed E-state index contributed by atoms with van der Waals surface area (Å²) in [7, 11) is 1.67. The maximum atomic E-state index is 5.67. The van der Waals surface area contributed by atoms with Crippen molar-refractivity contribution >= 4 is 27.4 Å². The van der Waals surface area contributed by atoms with Crippen LogP contribution in [0.4, 0.5) is 11.5 Å². The Labute approximate surface area is 134 Å². The second-order valence-electron chi connectivity index (χ2n) is 4.79. The molecule has 1 aromatic heterocycles. The van der Waals surface area contributed by atoms with Gasteiger partial charge in [-0.3, -0.25) is 0 Å². The van der Waals surface area contributed by atoms with Crippen LogP contribution in [-0.2, 0) is 0 Å². The molecule has 2 N–H and O–H groups in total. The molecule has 4 nitrogen and oxygen atoms in total. The molecule has 0 unspecified atom stereocenters. The van der Waals surface area contributed by atoms with E-state index in [4.69, 9.17) is 10.5 Å². The van der Waals surface area contributed by atoms with Crippen molar-refractivity contribution in [3.63, 3.8) is 0 Å². The molecule has 0 saturated carbocycles. The number of rotatable bonds is 6. The number of nitrogens with zero attached hydrogens (tertiary/aromatic N) is 2. The number of nitrogens with two attached hydrogens (primary N) is 1. The minimum absolute atomic E-state index is 0.649. The lowest BCUT2D eigenvalue weighted by Crippen LogP contribution is -2.22. The Morgan fingerprint density at radius 3 is 2.81 bits per heavy atom. The molecule has 0 atom stereocenters. The smallest absolute Gasteiger partial charge is 0.135 e. The van der Waals surface area contributed by atoms with Gasteiger partial charge < -0.3 is 15.4 Å². The van der Waals surface area contributed by atoms with Crippen molar-refractivity contribution in [2.24, 2.45) is 5.73 Å². The molecule has 5 heteroatoms. The predicted molar refractivity (Wildman–Crippen MR) is 90.3 cm³/mol. The number of aromatic nitrogens is 1. The molecular weight excluding hydrogens is 330 g/mol. The van der Waals surface area contributed by atoms with Gasteiger partial charge in [0.1, 0.15) is 11.6 Å². The standard InChI is InChI=1S/C16H20BrN3O/c1-12-9-13(17)11-19-16(12)20(8-4-7-18)14-5-3-6-15(10-14)21-2/h3,5-6,9-11H,4,7-8,18H2,1-2H3. The molecule has 0 aliphatic rings. The number of ether oxygens (including phenoxy) is 1. The Hall–Kier alpha value is -1.59. The van der Waals surface area contributed by atoms with Crippen LogP contribution in [0, 0.1) is 6.92 Å². The third-order valence-electron chi connectivity index (χ3n) is 3.22. The van der Waals surface area contributed by atoms with Gasteiger partial charge in [-0.2, -0.15) is 0 Å². The van der Waals surface area contributed by atoms with Gasteiger partial charge in [0.25, 0.3) is 0 Å². The Kier molecular flexibility index (Phi) is 5.59. The van der Waals surface area contributed by atoms with Crippen molar-refractivity contribution in [3.8, 4) is 5.75 Å². The number of anilines is 2. The number of hydrogen-bond acceptors (Lipinski definition) is 4. The van der Waals surface area contributed by atoms with Gasteiger partial charge in [-0.05, 0) is 59.6 Å². The van der Waals surface area contributed by atoms with Crippen molar-refractivity contribution in [2.45, 2.75) is 13.3 Å². The highest BCUT2D eigenvalue weighted by Gasteiger charge is 2.13. The fraction of sp³-hybridized carbons (Fsp3) is 0.312. The predicted octanol–water partition coefficient (Wildman–Crippen LogP) is 3.65. The van der Waals surface area contributed by atoms with E-state index in [2.05, 4.69) is 44.9 Å². The van der Waals surface area contributed by atoms with Crippen LogP contribution in [0.5, 0.6) is 5.75 Å². The Morgan fingerprint density at radius 1 is 1.33 bits per heavy atom. The van der Waals surface area contributed by atoms with Gasteiger partial charge in [0.2, 0.25) is 0 Å². The first-order chi connectivity index (χ1) is 10.2. The maximum absolute atomic E-state index is 5.67. The second kappa shape index (κ2) is 7.43. The van der Waals surface area contributed by atoms with Crippen LogP contribution in [0.3, 0.4) is 0 Å². The quantitative estimate of drug-likeness (QED) is 0.864. The minimum atomic E-state index is 0.649.